The Balaban J connectivity index is 1.38. The summed E-state index contributed by atoms with van der Waals surface area (Å²) in [6.07, 6.45) is 6.59. The van der Waals surface area contributed by atoms with Gasteiger partial charge in [-0.25, -0.2) is 8.78 Å². The zero-order valence-corrected chi connectivity index (χ0v) is 21.5. The molecule has 0 radical (unpaired) electrons. The molecule has 3 aliphatic heterocycles. The highest BCUT2D eigenvalue weighted by Gasteiger charge is 2.61. The zero-order valence-electron chi connectivity index (χ0n) is 21.5. The monoisotopic (exact) mass is 528 g/mol. The molecule has 3 amide bonds. The van der Waals surface area contributed by atoms with Crippen LogP contribution in [0.25, 0.3) is 0 Å². The summed E-state index contributed by atoms with van der Waals surface area (Å²) in [5, 5.41) is 18.2. The molecule has 4 heterocycles. The molecule has 6 rings (SSSR count). The van der Waals surface area contributed by atoms with Gasteiger partial charge in [-0.15, -0.1) is 0 Å². The molecular weight excluding hydrogens is 494 g/mol. The molecule has 3 N–H and O–H groups in total. The number of carbonyl (C=O) groups excluding carboxylic acids is 3. The molecule has 204 valence electrons. The number of piperidine rings is 2. The van der Waals surface area contributed by atoms with Crippen molar-refractivity contribution in [2.24, 2.45) is 17.8 Å². The molecule has 2 saturated carbocycles. The lowest BCUT2D eigenvalue weighted by Gasteiger charge is -2.54. The molecule has 38 heavy (non-hydrogen) atoms. The number of carbonyl (C=O) groups is 3. The number of hydrogen-bond acceptors (Lipinski definition) is 6. The van der Waals surface area contributed by atoms with Crippen molar-refractivity contribution < 1.29 is 23.2 Å². The van der Waals surface area contributed by atoms with Crippen molar-refractivity contribution in [3.8, 4) is 6.07 Å². The van der Waals surface area contributed by atoms with Crippen molar-refractivity contribution >= 4 is 23.4 Å². The van der Waals surface area contributed by atoms with Crippen molar-refractivity contribution in [3.05, 3.63) is 24.0 Å². The molecule has 2 bridgehead atoms. The van der Waals surface area contributed by atoms with Crippen LogP contribution < -0.4 is 16.0 Å². The van der Waals surface area contributed by atoms with Gasteiger partial charge in [0.25, 0.3) is 5.92 Å². The van der Waals surface area contributed by atoms with E-state index in [0.717, 1.165) is 18.4 Å². The maximum atomic E-state index is 15.1. The number of pyridine rings is 1. The lowest BCUT2D eigenvalue weighted by Crippen LogP contribution is -2.70. The molecule has 6 atom stereocenters. The zero-order chi connectivity index (χ0) is 27.0. The van der Waals surface area contributed by atoms with E-state index in [1.54, 1.807) is 12.4 Å². The van der Waals surface area contributed by atoms with Gasteiger partial charge in [0, 0.05) is 37.3 Å². The van der Waals surface area contributed by atoms with Gasteiger partial charge in [-0.05, 0) is 56.6 Å². The van der Waals surface area contributed by atoms with E-state index in [-0.39, 0.29) is 24.7 Å². The topological polar surface area (TPSA) is 127 Å². The average molecular weight is 529 g/mol. The van der Waals surface area contributed by atoms with E-state index in [2.05, 4.69) is 20.9 Å². The van der Waals surface area contributed by atoms with Crippen molar-refractivity contribution in [1.29, 1.82) is 5.26 Å². The minimum atomic E-state index is -3.09. The molecule has 1 aromatic rings. The lowest BCUT2D eigenvalue weighted by molar-refractivity contribution is -0.194. The van der Waals surface area contributed by atoms with Crippen molar-refractivity contribution in [3.63, 3.8) is 0 Å². The third-order valence-corrected chi connectivity index (χ3v) is 8.39. The van der Waals surface area contributed by atoms with Crippen LogP contribution in [0.2, 0.25) is 0 Å². The standard InChI is InChI=1S/C27H34F2N6O3/c1-15-8-19(14-31-13-15)33-22(9-16-2-3-16)26(38)35-20-4-5-21(27(28,29)11-20)23(35)25(37)34-18(12-30)10-17-6-7-32-24(17)36/h8,13-14,16-18,20-23,33H,2-7,9-11H2,1H3,(H,32,36)(H,34,37)/t17-,18+,20+,21+,22-,23+/m0/s1. The SMILES string of the molecule is Cc1cncc(N[C@@H](CC2CC2)C(=O)N2[C@@H]3CC[C@H]([C@@H]2C(=O)N[C@@H](C#N)C[C@@H]2CCNC2=O)C(F)(F)C3)c1. The number of anilines is 1. The van der Waals surface area contributed by atoms with E-state index in [0.29, 0.717) is 37.4 Å². The second-order valence-corrected chi connectivity index (χ2v) is 11.3. The van der Waals surface area contributed by atoms with Crippen LogP contribution in [0.15, 0.2) is 18.5 Å². The number of hydrogen-bond donors (Lipinski definition) is 3. The van der Waals surface area contributed by atoms with E-state index < -0.39 is 54.3 Å². The van der Waals surface area contributed by atoms with Gasteiger partial charge in [0.1, 0.15) is 18.1 Å². The van der Waals surface area contributed by atoms with Crippen LogP contribution in [0.4, 0.5) is 14.5 Å². The number of halogens is 2. The van der Waals surface area contributed by atoms with Gasteiger partial charge in [-0.1, -0.05) is 12.8 Å². The largest absolute Gasteiger partial charge is 0.372 e. The highest BCUT2D eigenvalue weighted by molar-refractivity contribution is 5.92. The van der Waals surface area contributed by atoms with Crippen LogP contribution in [-0.2, 0) is 14.4 Å². The predicted octanol–water partition coefficient (Wildman–Crippen LogP) is 2.52. The van der Waals surface area contributed by atoms with Crippen LogP contribution >= 0.6 is 0 Å². The summed E-state index contributed by atoms with van der Waals surface area (Å²) in [4.78, 5) is 45.1. The number of nitriles is 1. The summed E-state index contributed by atoms with van der Waals surface area (Å²) in [7, 11) is 0. The molecule has 5 fully saturated rings. The van der Waals surface area contributed by atoms with Gasteiger partial charge in [0.15, 0.2) is 0 Å². The normalized spacial score (nSPS) is 29.2. The summed E-state index contributed by atoms with van der Waals surface area (Å²) in [5.74, 6) is -5.77. The van der Waals surface area contributed by atoms with Crippen LogP contribution in [0, 0.1) is 36.0 Å². The summed E-state index contributed by atoms with van der Waals surface area (Å²) in [6.45, 7) is 2.39. The number of aryl methyl sites for hydroxylation is 1. The first-order chi connectivity index (χ1) is 18.2. The Bertz CT molecular complexity index is 1140. The van der Waals surface area contributed by atoms with E-state index >= 15 is 8.78 Å². The van der Waals surface area contributed by atoms with Gasteiger partial charge >= 0.3 is 0 Å². The van der Waals surface area contributed by atoms with Gasteiger partial charge in [0.2, 0.25) is 17.7 Å². The van der Waals surface area contributed by atoms with Crippen LogP contribution in [0.3, 0.4) is 0 Å². The fourth-order valence-electron chi connectivity index (χ4n) is 6.30. The predicted molar refractivity (Wildman–Crippen MR) is 134 cm³/mol. The Morgan fingerprint density at radius 2 is 2.03 bits per heavy atom. The van der Waals surface area contributed by atoms with Gasteiger partial charge in [0.05, 0.1) is 17.7 Å². The lowest BCUT2D eigenvalue weighted by atomic mass is 9.71. The molecule has 11 heteroatoms. The molecular formula is C27H34F2N6O3. The minimum absolute atomic E-state index is 0.103. The number of alkyl halides is 2. The first kappa shape index (κ1) is 26.3. The van der Waals surface area contributed by atoms with Crippen LogP contribution in [-0.4, -0.2) is 64.2 Å². The number of fused-ring (bicyclic) bond motifs is 3. The van der Waals surface area contributed by atoms with E-state index in [1.165, 1.54) is 4.90 Å². The second kappa shape index (κ2) is 10.5. The highest BCUT2D eigenvalue weighted by Crippen LogP contribution is 2.49. The van der Waals surface area contributed by atoms with Crippen molar-refractivity contribution in [1.82, 2.24) is 20.5 Å². The fraction of sp³-hybridized carbons (Fsp3) is 0.667. The second-order valence-electron chi connectivity index (χ2n) is 11.3. The summed E-state index contributed by atoms with van der Waals surface area (Å²) < 4.78 is 30.2. The van der Waals surface area contributed by atoms with Gasteiger partial charge < -0.3 is 20.9 Å². The molecule has 0 spiro atoms. The summed E-state index contributed by atoms with van der Waals surface area (Å²) in [5.41, 5.74) is 1.58. The molecule has 9 nitrogen and oxygen atoms in total. The van der Waals surface area contributed by atoms with Crippen molar-refractivity contribution in [2.75, 3.05) is 11.9 Å². The minimum Gasteiger partial charge on any atom is -0.372 e. The Kier molecular flexibility index (Phi) is 7.25. The Morgan fingerprint density at radius 3 is 2.66 bits per heavy atom. The molecule has 3 saturated heterocycles. The number of aromatic nitrogens is 1. The molecule has 5 aliphatic rings. The third kappa shape index (κ3) is 5.45. The van der Waals surface area contributed by atoms with E-state index in [9.17, 15) is 19.6 Å². The fourth-order valence-corrected chi connectivity index (χ4v) is 6.30. The first-order valence-corrected chi connectivity index (χ1v) is 13.5. The van der Waals surface area contributed by atoms with Gasteiger partial charge in [-0.3, -0.25) is 19.4 Å². The third-order valence-electron chi connectivity index (χ3n) is 8.39. The summed E-state index contributed by atoms with van der Waals surface area (Å²) in [6, 6.07) is 0.0408. The Labute approximate surface area is 220 Å². The molecule has 1 aromatic heterocycles. The number of rotatable bonds is 9. The quantitative estimate of drug-likeness (QED) is 0.452. The highest BCUT2D eigenvalue weighted by atomic mass is 19.3. The van der Waals surface area contributed by atoms with E-state index in [4.69, 9.17) is 0 Å². The average Bonchev–Trinajstić information content (AvgIpc) is 3.61. The molecule has 2 aliphatic carbocycles. The molecule has 0 unspecified atom stereocenters. The van der Waals surface area contributed by atoms with Gasteiger partial charge in [-0.2, -0.15) is 5.26 Å². The Morgan fingerprint density at radius 1 is 1.24 bits per heavy atom. The maximum absolute atomic E-state index is 15.1. The smallest absolute Gasteiger partial charge is 0.255 e. The van der Waals surface area contributed by atoms with E-state index in [1.807, 2.05) is 19.1 Å². The number of nitrogens with zero attached hydrogens (tertiary/aromatic N) is 3. The van der Waals surface area contributed by atoms with Crippen LogP contribution in [0.5, 0.6) is 0 Å². The summed E-state index contributed by atoms with van der Waals surface area (Å²) >= 11 is 0. The Hall–Kier alpha value is -3.29. The first-order valence-electron chi connectivity index (χ1n) is 13.5. The maximum Gasteiger partial charge on any atom is 0.255 e. The van der Waals surface area contributed by atoms with Crippen LogP contribution in [0.1, 0.15) is 56.9 Å². The van der Waals surface area contributed by atoms with Crippen molar-refractivity contribution in [2.45, 2.75) is 88.4 Å². The number of nitrogens with one attached hydrogen (secondary N) is 3. The molecule has 0 aromatic carbocycles. The number of amides is 3.